The molecule has 0 aliphatic carbocycles. The van der Waals surface area contributed by atoms with Gasteiger partial charge >= 0.3 is 0 Å². The SMILES string of the molecule is Cc1nn(C[C@H](O)c2cccc([N+](=O)[O-])c2)cc1Br. The van der Waals surface area contributed by atoms with Crippen LogP contribution >= 0.6 is 15.9 Å². The van der Waals surface area contributed by atoms with E-state index in [-0.39, 0.29) is 12.2 Å². The molecular formula is C12H12BrN3O3. The van der Waals surface area contributed by atoms with E-state index in [9.17, 15) is 15.2 Å². The van der Waals surface area contributed by atoms with E-state index in [2.05, 4.69) is 21.0 Å². The average molecular weight is 326 g/mol. The molecule has 0 aliphatic rings. The van der Waals surface area contributed by atoms with Crippen LogP contribution < -0.4 is 0 Å². The van der Waals surface area contributed by atoms with Crippen molar-refractivity contribution in [1.29, 1.82) is 0 Å². The minimum atomic E-state index is -0.842. The van der Waals surface area contributed by atoms with E-state index in [0.717, 1.165) is 10.2 Å². The van der Waals surface area contributed by atoms with Gasteiger partial charge in [0, 0.05) is 18.3 Å². The fourth-order valence-corrected chi connectivity index (χ4v) is 2.03. The van der Waals surface area contributed by atoms with Crippen LogP contribution in [0.5, 0.6) is 0 Å². The van der Waals surface area contributed by atoms with E-state index in [1.807, 2.05) is 6.92 Å². The zero-order valence-electron chi connectivity index (χ0n) is 10.2. The number of rotatable bonds is 4. The van der Waals surface area contributed by atoms with Gasteiger partial charge in [-0.2, -0.15) is 5.10 Å². The Morgan fingerprint density at radius 1 is 1.58 bits per heavy atom. The standard InChI is InChI=1S/C12H12BrN3O3/c1-8-11(13)6-15(14-8)7-12(17)9-3-2-4-10(5-9)16(18)19/h2-6,12,17H,7H2,1H3/t12-/m0/s1. The summed E-state index contributed by atoms with van der Waals surface area (Å²) in [5.41, 5.74) is 1.29. The van der Waals surface area contributed by atoms with E-state index in [1.54, 1.807) is 23.0 Å². The Bertz CT molecular complexity index is 593. The molecule has 0 fully saturated rings. The molecule has 0 aliphatic heterocycles. The highest BCUT2D eigenvalue weighted by atomic mass is 79.9. The molecule has 0 amide bonds. The summed E-state index contributed by atoms with van der Waals surface area (Å²) < 4.78 is 2.46. The van der Waals surface area contributed by atoms with Crippen molar-refractivity contribution in [1.82, 2.24) is 9.78 Å². The first-order valence-electron chi connectivity index (χ1n) is 5.59. The second-order valence-corrected chi connectivity index (χ2v) is 5.01. The van der Waals surface area contributed by atoms with E-state index in [4.69, 9.17) is 0 Å². The van der Waals surface area contributed by atoms with Crippen molar-refractivity contribution in [2.45, 2.75) is 19.6 Å². The summed E-state index contributed by atoms with van der Waals surface area (Å²) in [5, 5.41) is 25.0. The first-order valence-corrected chi connectivity index (χ1v) is 6.38. The Kier molecular flexibility index (Phi) is 3.96. The molecule has 0 saturated carbocycles. The van der Waals surface area contributed by atoms with Crippen LogP contribution in [0.25, 0.3) is 0 Å². The number of nitro benzene ring substituents is 1. The van der Waals surface area contributed by atoms with Crippen molar-refractivity contribution >= 4 is 21.6 Å². The van der Waals surface area contributed by atoms with E-state index < -0.39 is 11.0 Å². The average Bonchev–Trinajstić information content (AvgIpc) is 2.68. The third-order valence-electron chi connectivity index (χ3n) is 2.71. The molecule has 100 valence electrons. The third kappa shape index (κ3) is 3.18. The van der Waals surface area contributed by atoms with Gasteiger partial charge in [0.2, 0.25) is 0 Å². The summed E-state index contributed by atoms with van der Waals surface area (Å²) in [7, 11) is 0. The van der Waals surface area contributed by atoms with Crippen molar-refractivity contribution in [2.24, 2.45) is 0 Å². The third-order valence-corrected chi connectivity index (χ3v) is 3.49. The van der Waals surface area contributed by atoms with Crippen LogP contribution in [0.3, 0.4) is 0 Å². The summed E-state index contributed by atoms with van der Waals surface area (Å²) in [6, 6.07) is 5.98. The number of benzene rings is 1. The van der Waals surface area contributed by atoms with Crippen LogP contribution in [0.2, 0.25) is 0 Å². The van der Waals surface area contributed by atoms with Gasteiger partial charge in [-0.3, -0.25) is 14.8 Å². The normalized spacial score (nSPS) is 12.4. The summed E-state index contributed by atoms with van der Waals surface area (Å²) in [6.45, 7) is 2.09. The summed E-state index contributed by atoms with van der Waals surface area (Å²) in [5.74, 6) is 0. The predicted octanol–water partition coefficient (Wildman–Crippen LogP) is 2.60. The van der Waals surface area contributed by atoms with Crippen molar-refractivity contribution in [3.63, 3.8) is 0 Å². The summed E-state index contributed by atoms with van der Waals surface area (Å²) in [4.78, 5) is 10.2. The van der Waals surface area contributed by atoms with Gasteiger partial charge in [0.15, 0.2) is 0 Å². The Morgan fingerprint density at radius 3 is 2.89 bits per heavy atom. The quantitative estimate of drug-likeness (QED) is 0.692. The number of aliphatic hydroxyl groups excluding tert-OH is 1. The van der Waals surface area contributed by atoms with Gasteiger partial charge in [0.05, 0.1) is 27.7 Å². The van der Waals surface area contributed by atoms with Crippen LogP contribution in [-0.2, 0) is 6.54 Å². The van der Waals surface area contributed by atoms with E-state index >= 15 is 0 Å². The lowest BCUT2D eigenvalue weighted by atomic mass is 10.1. The van der Waals surface area contributed by atoms with Gasteiger partial charge in [-0.1, -0.05) is 12.1 Å². The minimum absolute atomic E-state index is 0.0330. The monoisotopic (exact) mass is 325 g/mol. The van der Waals surface area contributed by atoms with Gasteiger partial charge in [0.25, 0.3) is 5.69 Å². The molecule has 1 N–H and O–H groups in total. The molecule has 1 atom stereocenters. The molecule has 2 aromatic rings. The van der Waals surface area contributed by atoms with E-state index in [1.165, 1.54) is 12.1 Å². The Hall–Kier alpha value is -1.73. The second-order valence-electron chi connectivity index (χ2n) is 4.15. The topological polar surface area (TPSA) is 81.2 Å². The maximum absolute atomic E-state index is 10.7. The van der Waals surface area contributed by atoms with Crippen molar-refractivity contribution in [2.75, 3.05) is 0 Å². The van der Waals surface area contributed by atoms with Crippen LogP contribution in [0, 0.1) is 17.0 Å². The molecular weight excluding hydrogens is 314 g/mol. The molecule has 19 heavy (non-hydrogen) atoms. The maximum atomic E-state index is 10.7. The maximum Gasteiger partial charge on any atom is 0.269 e. The number of nitrogens with zero attached hydrogens (tertiary/aromatic N) is 3. The van der Waals surface area contributed by atoms with E-state index in [0.29, 0.717) is 5.56 Å². The van der Waals surface area contributed by atoms with Gasteiger partial charge < -0.3 is 5.11 Å². The number of aliphatic hydroxyl groups is 1. The van der Waals surface area contributed by atoms with Crippen molar-refractivity contribution in [3.05, 3.63) is 56.3 Å². The highest BCUT2D eigenvalue weighted by molar-refractivity contribution is 9.10. The first-order chi connectivity index (χ1) is 8.97. The number of hydrogen-bond acceptors (Lipinski definition) is 4. The zero-order chi connectivity index (χ0) is 14.0. The fourth-order valence-electron chi connectivity index (χ4n) is 1.72. The van der Waals surface area contributed by atoms with Crippen LogP contribution in [-0.4, -0.2) is 19.8 Å². The predicted molar refractivity (Wildman–Crippen MR) is 72.7 cm³/mol. The van der Waals surface area contributed by atoms with Gasteiger partial charge in [0.1, 0.15) is 0 Å². The number of halogens is 1. The largest absolute Gasteiger partial charge is 0.386 e. The number of hydrogen-bond donors (Lipinski definition) is 1. The molecule has 1 aromatic heterocycles. The molecule has 1 heterocycles. The highest BCUT2D eigenvalue weighted by Crippen LogP contribution is 2.21. The molecule has 2 rings (SSSR count). The zero-order valence-corrected chi connectivity index (χ0v) is 11.7. The Morgan fingerprint density at radius 2 is 2.32 bits per heavy atom. The molecule has 0 saturated heterocycles. The lowest BCUT2D eigenvalue weighted by Gasteiger charge is -2.10. The Balaban J connectivity index is 2.17. The molecule has 6 nitrogen and oxygen atoms in total. The lowest BCUT2D eigenvalue weighted by molar-refractivity contribution is -0.385. The number of aromatic nitrogens is 2. The van der Waals surface area contributed by atoms with Crippen molar-refractivity contribution < 1.29 is 10.0 Å². The first kappa shape index (κ1) is 13.7. The lowest BCUT2D eigenvalue weighted by Crippen LogP contribution is -2.09. The van der Waals surface area contributed by atoms with Crippen molar-refractivity contribution in [3.8, 4) is 0 Å². The molecule has 1 aromatic carbocycles. The van der Waals surface area contributed by atoms with Gasteiger partial charge in [-0.25, -0.2) is 0 Å². The fraction of sp³-hybridized carbons (Fsp3) is 0.250. The molecule has 0 unspecified atom stereocenters. The highest BCUT2D eigenvalue weighted by Gasteiger charge is 2.14. The molecule has 0 bridgehead atoms. The van der Waals surface area contributed by atoms with Crippen LogP contribution in [0.4, 0.5) is 5.69 Å². The minimum Gasteiger partial charge on any atom is -0.386 e. The molecule has 7 heteroatoms. The summed E-state index contributed by atoms with van der Waals surface area (Å²) in [6.07, 6.45) is 0.918. The number of aryl methyl sites for hydroxylation is 1. The van der Waals surface area contributed by atoms with Crippen LogP contribution in [0.1, 0.15) is 17.4 Å². The Labute approximate surface area is 118 Å². The molecule has 0 radical (unpaired) electrons. The number of non-ortho nitro benzene ring substituents is 1. The smallest absolute Gasteiger partial charge is 0.269 e. The van der Waals surface area contributed by atoms with Gasteiger partial charge in [-0.05, 0) is 28.4 Å². The number of nitro groups is 1. The van der Waals surface area contributed by atoms with Gasteiger partial charge in [-0.15, -0.1) is 0 Å². The van der Waals surface area contributed by atoms with Crippen LogP contribution in [0.15, 0.2) is 34.9 Å². The summed E-state index contributed by atoms with van der Waals surface area (Å²) >= 11 is 3.34. The second kappa shape index (κ2) is 5.50. The molecule has 0 spiro atoms.